The molecule has 1 aliphatic rings. The number of hydrogen-bond donors (Lipinski definition) is 2. The number of hydrogen-bond acceptors (Lipinski definition) is 2. The number of anilines is 1. The molecule has 2 nitrogen and oxygen atoms in total. The van der Waals surface area contributed by atoms with E-state index in [1.54, 1.807) is 0 Å². The fourth-order valence-electron chi connectivity index (χ4n) is 1.99. The zero-order valence-corrected chi connectivity index (χ0v) is 10.4. The van der Waals surface area contributed by atoms with Gasteiger partial charge in [0.25, 0.3) is 0 Å². The third-order valence-corrected chi connectivity index (χ3v) is 3.58. The van der Waals surface area contributed by atoms with Crippen molar-refractivity contribution < 1.29 is 0 Å². The highest BCUT2D eigenvalue weighted by molar-refractivity contribution is 9.10. The number of halogens is 1. The molecule has 0 bridgehead atoms. The summed E-state index contributed by atoms with van der Waals surface area (Å²) in [5, 5.41) is 0. The van der Waals surface area contributed by atoms with Crippen LogP contribution in [0.15, 0.2) is 28.7 Å². The second-order valence-electron chi connectivity index (χ2n) is 4.08. The Hall–Kier alpha value is -0.540. The number of para-hydroxylation sites is 1. The van der Waals surface area contributed by atoms with E-state index in [2.05, 4.69) is 32.8 Å². The molecule has 1 aromatic carbocycles. The maximum atomic E-state index is 3.52. The molecule has 0 unspecified atom stereocenters. The smallest absolute Gasteiger partial charge is 0.0629 e. The van der Waals surface area contributed by atoms with E-state index in [1.807, 2.05) is 18.2 Å². The van der Waals surface area contributed by atoms with Crippen LogP contribution >= 0.6 is 15.9 Å². The molecule has 0 aliphatic heterocycles. The van der Waals surface area contributed by atoms with E-state index in [9.17, 15) is 0 Å². The van der Waals surface area contributed by atoms with E-state index in [-0.39, 0.29) is 0 Å². The lowest BCUT2D eigenvalue weighted by atomic mass is 9.96. The van der Waals surface area contributed by atoms with Gasteiger partial charge in [-0.15, -0.1) is 0 Å². The predicted octanol–water partition coefficient (Wildman–Crippen LogP) is 3.70. The summed E-state index contributed by atoms with van der Waals surface area (Å²) >= 11 is 3.52. The summed E-state index contributed by atoms with van der Waals surface area (Å²) in [6, 6.07) is 8.81. The topological polar surface area (TPSA) is 24.1 Å². The Morgan fingerprint density at radius 1 is 1.07 bits per heavy atom. The van der Waals surface area contributed by atoms with E-state index in [1.165, 1.54) is 32.1 Å². The normalized spacial score (nSPS) is 17.7. The minimum absolute atomic E-state index is 0.630. The molecule has 1 fully saturated rings. The molecule has 0 amide bonds. The van der Waals surface area contributed by atoms with Gasteiger partial charge >= 0.3 is 0 Å². The Morgan fingerprint density at radius 3 is 2.53 bits per heavy atom. The highest BCUT2D eigenvalue weighted by Gasteiger charge is 2.12. The molecule has 0 spiro atoms. The number of nitrogens with one attached hydrogen (secondary N) is 2. The van der Waals surface area contributed by atoms with Gasteiger partial charge in [0.05, 0.1) is 5.69 Å². The highest BCUT2D eigenvalue weighted by Crippen LogP contribution is 2.22. The highest BCUT2D eigenvalue weighted by atomic mass is 79.9. The van der Waals surface area contributed by atoms with Crippen LogP contribution in [0.5, 0.6) is 0 Å². The van der Waals surface area contributed by atoms with E-state index >= 15 is 0 Å². The second-order valence-corrected chi connectivity index (χ2v) is 4.94. The fourth-order valence-corrected chi connectivity index (χ4v) is 2.37. The first-order valence-corrected chi connectivity index (χ1v) is 6.41. The molecule has 0 aromatic heterocycles. The first-order valence-electron chi connectivity index (χ1n) is 5.62. The first kappa shape index (κ1) is 11.0. The summed E-state index contributed by atoms with van der Waals surface area (Å²) in [6.45, 7) is 0. The van der Waals surface area contributed by atoms with Crippen LogP contribution in [0.4, 0.5) is 5.69 Å². The van der Waals surface area contributed by atoms with Gasteiger partial charge in [-0.25, -0.2) is 5.43 Å². The SMILES string of the molecule is Brc1ccccc1NNC1CCCCC1. The molecular formula is C12H17BrN2. The largest absolute Gasteiger partial charge is 0.320 e. The van der Waals surface area contributed by atoms with Crippen molar-refractivity contribution in [3.05, 3.63) is 28.7 Å². The third kappa shape index (κ3) is 3.21. The lowest BCUT2D eigenvalue weighted by molar-refractivity contribution is 0.393. The van der Waals surface area contributed by atoms with Crippen LogP contribution in [0.2, 0.25) is 0 Å². The van der Waals surface area contributed by atoms with Crippen molar-refractivity contribution in [2.24, 2.45) is 0 Å². The second kappa shape index (κ2) is 5.52. The summed E-state index contributed by atoms with van der Waals surface area (Å²) in [5.41, 5.74) is 7.80. The third-order valence-electron chi connectivity index (χ3n) is 2.89. The Labute approximate surface area is 99.6 Å². The average Bonchev–Trinajstić information content (AvgIpc) is 2.29. The van der Waals surface area contributed by atoms with Crippen LogP contribution in [0, 0.1) is 0 Å². The van der Waals surface area contributed by atoms with Gasteiger partial charge in [0.15, 0.2) is 0 Å². The molecule has 2 rings (SSSR count). The lowest BCUT2D eigenvalue weighted by Gasteiger charge is -2.23. The fraction of sp³-hybridized carbons (Fsp3) is 0.500. The quantitative estimate of drug-likeness (QED) is 0.817. The number of benzene rings is 1. The molecule has 0 atom stereocenters. The van der Waals surface area contributed by atoms with E-state index < -0.39 is 0 Å². The van der Waals surface area contributed by atoms with Crippen molar-refractivity contribution in [1.29, 1.82) is 0 Å². The molecule has 15 heavy (non-hydrogen) atoms. The Morgan fingerprint density at radius 2 is 1.80 bits per heavy atom. The van der Waals surface area contributed by atoms with Crippen molar-refractivity contribution in [2.45, 2.75) is 38.1 Å². The van der Waals surface area contributed by atoms with Gasteiger partial charge in [-0.2, -0.15) is 0 Å². The molecule has 0 radical (unpaired) electrons. The van der Waals surface area contributed by atoms with E-state index in [0.29, 0.717) is 6.04 Å². The van der Waals surface area contributed by atoms with Gasteiger partial charge in [-0.1, -0.05) is 31.4 Å². The molecule has 0 saturated heterocycles. The van der Waals surface area contributed by atoms with Gasteiger partial charge < -0.3 is 5.43 Å². The van der Waals surface area contributed by atoms with Crippen molar-refractivity contribution in [2.75, 3.05) is 5.43 Å². The van der Waals surface area contributed by atoms with Gasteiger partial charge in [-0.3, -0.25) is 0 Å². The van der Waals surface area contributed by atoms with Crippen molar-refractivity contribution in [3.63, 3.8) is 0 Å². The van der Waals surface area contributed by atoms with Crippen LogP contribution < -0.4 is 10.9 Å². The maximum absolute atomic E-state index is 3.52. The summed E-state index contributed by atoms with van der Waals surface area (Å²) in [4.78, 5) is 0. The zero-order valence-electron chi connectivity index (χ0n) is 8.80. The number of hydrazine groups is 1. The van der Waals surface area contributed by atoms with Gasteiger partial charge in [0, 0.05) is 10.5 Å². The van der Waals surface area contributed by atoms with Gasteiger partial charge in [0.1, 0.15) is 0 Å². The molecule has 1 saturated carbocycles. The summed E-state index contributed by atoms with van der Waals surface area (Å²) < 4.78 is 1.10. The monoisotopic (exact) mass is 268 g/mol. The van der Waals surface area contributed by atoms with Gasteiger partial charge in [-0.05, 0) is 40.9 Å². The molecule has 82 valence electrons. The zero-order chi connectivity index (χ0) is 10.5. The standard InChI is InChI=1S/C12H17BrN2/c13-11-8-4-5-9-12(11)15-14-10-6-2-1-3-7-10/h4-5,8-10,14-15H,1-3,6-7H2. The van der Waals surface area contributed by atoms with Crippen LogP contribution in [0.3, 0.4) is 0 Å². The van der Waals surface area contributed by atoms with Crippen LogP contribution in [0.25, 0.3) is 0 Å². The van der Waals surface area contributed by atoms with Crippen LogP contribution in [0.1, 0.15) is 32.1 Å². The Kier molecular flexibility index (Phi) is 4.03. The Bertz CT molecular complexity index is 308. The minimum atomic E-state index is 0.630. The van der Waals surface area contributed by atoms with Gasteiger partial charge in [0.2, 0.25) is 0 Å². The first-order chi connectivity index (χ1) is 7.36. The molecular weight excluding hydrogens is 252 g/mol. The number of rotatable bonds is 3. The summed E-state index contributed by atoms with van der Waals surface area (Å²) in [7, 11) is 0. The van der Waals surface area contributed by atoms with Crippen LogP contribution in [-0.4, -0.2) is 6.04 Å². The molecule has 1 aromatic rings. The molecule has 3 heteroatoms. The average molecular weight is 269 g/mol. The van der Waals surface area contributed by atoms with Crippen molar-refractivity contribution >= 4 is 21.6 Å². The molecule has 0 heterocycles. The Balaban J connectivity index is 1.84. The lowest BCUT2D eigenvalue weighted by Crippen LogP contribution is -2.35. The minimum Gasteiger partial charge on any atom is -0.320 e. The summed E-state index contributed by atoms with van der Waals surface area (Å²) in [5.74, 6) is 0. The molecule has 1 aliphatic carbocycles. The summed E-state index contributed by atoms with van der Waals surface area (Å²) in [6.07, 6.45) is 6.69. The predicted molar refractivity (Wildman–Crippen MR) is 67.8 cm³/mol. The maximum Gasteiger partial charge on any atom is 0.0629 e. The van der Waals surface area contributed by atoms with E-state index in [4.69, 9.17) is 0 Å². The van der Waals surface area contributed by atoms with E-state index in [0.717, 1.165) is 10.2 Å². The van der Waals surface area contributed by atoms with Crippen LogP contribution in [-0.2, 0) is 0 Å². The van der Waals surface area contributed by atoms with Crippen molar-refractivity contribution in [1.82, 2.24) is 5.43 Å². The molecule has 2 N–H and O–H groups in total. The van der Waals surface area contributed by atoms with Crippen molar-refractivity contribution in [3.8, 4) is 0 Å².